The molecule has 200 valence electrons. The number of esters is 1. The number of nitrogens with zero attached hydrogens (tertiary/aromatic N) is 1. The highest BCUT2D eigenvalue weighted by Crippen LogP contribution is 2.60. The Morgan fingerprint density at radius 1 is 1.27 bits per heavy atom. The van der Waals surface area contributed by atoms with Gasteiger partial charge in [0.15, 0.2) is 12.0 Å². The van der Waals surface area contributed by atoms with Crippen molar-refractivity contribution in [1.82, 2.24) is 14.6 Å². The molecule has 0 spiro atoms. The molecule has 14 heteroatoms. The number of H-pyrrole nitrogens is 1. The summed E-state index contributed by atoms with van der Waals surface area (Å²) in [5.41, 5.74) is -3.52. The molecular formula is C23H27FN3O9P. The number of ether oxygens (including phenoxy) is 2. The summed E-state index contributed by atoms with van der Waals surface area (Å²) >= 11 is 0. The van der Waals surface area contributed by atoms with Crippen LogP contribution < -0.4 is 20.9 Å². The van der Waals surface area contributed by atoms with E-state index in [1.807, 2.05) is 4.98 Å². The van der Waals surface area contributed by atoms with Crippen molar-refractivity contribution in [2.24, 2.45) is 0 Å². The van der Waals surface area contributed by atoms with Crippen molar-refractivity contribution in [3.05, 3.63) is 74.7 Å². The number of para-hydroxylation sites is 1. The number of halogens is 1. The number of aliphatic hydroxyl groups is 1. The van der Waals surface area contributed by atoms with Gasteiger partial charge in [-0.2, -0.15) is 9.48 Å². The van der Waals surface area contributed by atoms with Crippen LogP contribution >= 0.6 is 7.75 Å². The van der Waals surface area contributed by atoms with E-state index >= 15 is 0 Å². The van der Waals surface area contributed by atoms with Crippen molar-refractivity contribution < 1.29 is 37.4 Å². The molecular weight excluding hydrogens is 512 g/mol. The van der Waals surface area contributed by atoms with Crippen LogP contribution in [-0.2, 0) is 23.4 Å². The summed E-state index contributed by atoms with van der Waals surface area (Å²) in [6.45, 7) is 4.77. The van der Waals surface area contributed by atoms with Gasteiger partial charge < -0.3 is 19.1 Å². The van der Waals surface area contributed by atoms with E-state index in [0.29, 0.717) is 6.20 Å². The van der Waals surface area contributed by atoms with Crippen molar-refractivity contribution in [1.29, 1.82) is 0 Å². The lowest BCUT2D eigenvalue weighted by molar-refractivity contribution is -0.149. The first kappa shape index (κ1) is 26.6. The summed E-state index contributed by atoms with van der Waals surface area (Å²) in [6.07, 6.45) is -0.618. The van der Waals surface area contributed by atoms with Crippen LogP contribution in [0, 0.1) is 5.82 Å². The molecule has 12 nitrogen and oxygen atoms in total. The number of carbonyl (C=O) groups excluding carboxylic acids is 1. The average molecular weight is 539 g/mol. The second kappa shape index (κ2) is 10.2. The average Bonchev–Trinajstić information content (AvgIpc) is 3.47. The zero-order chi connectivity index (χ0) is 27.0. The third kappa shape index (κ3) is 5.95. The normalized spacial score (nSPS) is 20.7. The lowest BCUT2D eigenvalue weighted by Crippen LogP contribution is -2.37. The number of aliphatic hydroxyl groups excluding tert-OH is 1. The van der Waals surface area contributed by atoms with Crippen molar-refractivity contribution >= 4 is 13.7 Å². The molecule has 1 saturated carbocycles. The van der Waals surface area contributed by atoms with E-state index in [1.165, 1.54) is 6.92 Å². The molecule has 1 aliphatic carbocycles. The van der Waals surface area contributed by atoms with E-state index in [2.05, 4.69) is 5.09 Å². The zero-order valence-electron chi connectivity index (χ0n) is 20.3. The second-order valence-electron chi connectivity index (χ2n) is 9.02. The third-order valence-electron chi connectivity index (χ3n) is 5.56. The minimum atomic E-state index is -4.30. The van der Waals surface area contributed by atoms with E-state index in [1.54, 1.807) is 44.2 Å². The minimum absolute atomic E-state index is 0.105. The lowest BCUT2D eigenvalue weighted by Gasteiger charge is -2.28. The number of benzene rings is 1. The second-order valence-corrected chi connectivity index (χ2v) is 10.6. The molecule has 0 bridgehead atoms. The monoisotopic (exact) mass is 539 g/mol. The fourth-order valence-electron chi connectivity index (χ4n) is 3.72. The van der Waals surface area contributed by atoms with Gasteiger partial charge in [-0.15, -0.1) is 0 Å². The molecule has 3 N–H and O–H groups in total. The number of hydrogen-bond donors (Lipinski definition) is 3. The smallest absolute Gasteiger partial charge is 0.460 e. The van der Waals surface area contributed by atoms with Crippen LogP contribution in [0.5, 0.6) is 5.75 Å². The molecule has 2 heterocycles. The van der Waals surface area contributed by atoms with Gasteiger partial charge >= 0.3 is 19.4 Å². The summed E-state index contributed by atoms with van der Waals surface area (Å²) in [7, 11) is -4.30. The Bertz CT molecular complexity index is 1370. The maximum atomic E-state index is 13.9. The topological polar surface area (TPSA) is 158 Å². The van der Waals surface area contributed by atoms with Crippen molar-refractivity contribution in [2.75, 3.05) is 0 Å². The Kier molecular flexibility index (Phi) is 7.31. The summed E-state index contributed by atoms with van der Waals surface area (Å²) < 4.78 is 51.0. The molecule has 0 radical (unpaired) electrons. The van der Waals surface area contributed by atoms with Crippen LogP contribution in [0.4, 0.5) is 4.39 Å². The van der Waals surface area contributed by atoms with Gasteiger partial charge in [0, 0.05) is 0 Å². The minimum Gasteiger partial charge on any atom is -0.508 e. The van der Waals surface area contributed by atoms with Crippen LogP contribution in [0.2, 0.25) is 0 Å². The van der Waals surface area contributed by atoms with E-state index in [9.17, 15) is 28.4 Å². The van der Waals surface area contributed by atoms with Crippen LogP contribution in [0.25, 0.3) is 0 Å². The fourth-order valence-corrected chi connectivity index (χ4v) is 5.57. The van der Waals surface area contributed by atoms with Gasteiger partial charge in [0.25, 0.3) is 5.56 Å². The number of carbonyl (C=O) groups is 1. The highest BCUT2D eigenvalue weighted by molar-refractivity contribution is 7.52. The van der Waals surface area contributed by atoms with Crippen LogP contribution in [-0.4, -0.2) is 38.4 Å². The molecule has 0 amide bonds. The van der Waals surface area contributed by atoms with Gasteiger partial charge in [0.1, 0.15) is 23.2 Å². The van der Waals surface area contributed by atoms with Crippen LogP contribution in [0.3, 0.4) is 0 Å². The van der Waals surface area contributed by atoms with Gasteiger partial charge in [0.2, 0.25) is 5.82 Å². The highest BCUT2D eigenvalue weighted by atomic mass is 31.2. The van der Waals surface area contributed by atoms with Gasteiger partial charge in [-0.3, -0.25) is 23.7 Å². The largest absolute Gasteiger partial charge is 0.508 e. The van der Waals surface area contributed by atoms with Crippen molar-refractivity contribution in [3.63, 3.8) is 0 Å². The molecule has 1 aromatic heterocycles. The summed E-state index contributed by atoms with van der Waals surface area (Å²) in [4.78, 5) is 37.7. The predicted octanol–water partition coefficient (Wildman–Crippen LogP) is 3.03. The molecule has 37 heavy (non-hydrogen) atoms. The lowest BCUT2D eigenvalue weighted by atomic mass is 10.2. The first-order valence-corrected chi connectivity index (χ1v) is 13.1. The van der Waals surface area contributed by atoms with Gasteiger partial charge in [-0.1, -0.05) is 18.2 Å². The number of rotatable bonds is 10. The molecule has 3 atom stereocenters. The molecule has 0 unspecified atom stereocenters. The number of hydrogen-bond acceptors (Lipinski definition) is 9. The van der Waals surface area contributed by atoms with Gasteiger partial charge in [0.05, 0.1) is 18.7 Å². The first-order chi connectivity index (χ1) is 17.4. The highest BCUT2D eigenvalue weighted by Gasteiger charge is 2.58. The third-order valence-corrected chi connectivity index (χ3v) is 7.30. The molecule has 0 saturated heterocycles. The Hall–Kier alpha value is -3.41. The SMILES string of the molecule is CC(C)OC(=O)[C@H](C)N[P@@](=O)(Oc1ccccc1)OC1(C2=C(O)C[C@H](n3cc(F)c(=O)[nH]c3=O)O2)CC1. The van der Waals surface area contributed by atoms with Crippen LogP contribution in [0.1, 0.15) is 46.3 Å². The molecule has 1 fully saturated rings. The van der Waals surface area contributed by atoms with E-state index in [-0.39, 0.29) is 36.5 Å². The molecule has 2 aliphatic rings. The maximum absolute atomic E-state index is 13.9. The Morgan fingerprint density at radius 2 is 1.95 bits per heavy atom. The molecule has 4 rings (SSSR count). The Labute approximate surface area is 210 Å². The van der Waals surface area contributed by atoms with Crippen molar-refractivity contribution in [2.45, 2.75) is 64.0 Å². The summed E-state index contributed by atoms with van der Waals surface area (Å²) in [6, 6.07) is 7.05. The van der Waals surface area contributed by atoms with E-state index < -0.39 is 54.8 Å². The molecule has 2 aromatic rings. The quantitative estimate of drug-likeness (QED) is 0.303. The number of aromatic amines is 1. The maximum Gasteiger partial charge on any atom is 0.460 e. The fraction of sp³-hybridized carbons (Fsp3) is 0.435. The zero-order valence-corrected chi connectivity index (χ0v) is 21.2. The van der Waals surface area contributed by atoms with Crippen LogP contribution in [0.15, 0.2) is 57.6 Å². The Balaban J connectivity index is 1.58. The number of nitrogens with one attached hydrogen (secondary N) is 2. The van der Waals surface area contributed by atoms with Crippen molar-refractivity contribution in [3.8, 4) is 5.75 Å². The first-order valence-electron chi connectivity index (χ1n) is 11.6. The standard InChI is InChI=1S/C23H27FN3O9P/c1-13(2)33-21(30)14(3)26-37(32,35-15-7-5-4-6-8-15)36-23(9-10-23)19-17(28)11-18(34-19)27-12-16(24)20(29)25-22(27)31/h4-8,12-14,18,28H,9-11H2,1-3H3,(H,26,32)(H,25,29,31)/t14-,18+,37+/m0/s1. The predicted molar refractivity (Wildman–Crippen MR) is 127 cm³/mol. The number of aromatic nitrogens is 2. The molecule has 1 aromatic carbocycles. The summed E-state index contributed by atoms with van der Waals surface area (Å²) in [5, 5.41) is 13.2. The summed E-state index contributed by atoms with van der Waals surface area (Å²) in [5.74, 6) is -2.11. The Morgan fingerprint density at radius 3 is 2.57 bits per heavy atom. The van der Waals surface area contributed by atoms with Gasteiger partial charge in [-0.25, -0.2) is 9.36 Å². The molecule has 1 aliphatic heterocycles. The van der Waals surface area contributed by atoms with E-state index in [4.69, 9.17) is 18.5 Å². The van der Waals surface area contributed by atoms with Gasteiger partial charge in [-0.05, 0) is 45.7 Å². The van der Waals surface area contributed by atoms with E-state index in [0.717, 1.165) is 4.57 Å².